The first-order valence-corrected chi connectivity index (χ1v) is 13.0. The average Bonchev–Trinajstić information content (AvgIpc) is 3.12. The van der Waals surface area contributed by atoms with Crippen LogP contribution in [0.25, 0.3) is 0 Å². The molecule has 8 heteroatoms. The van der Waals surface area contributed by atoms with Crippen LogP contribution in [0.2, 0.25) is 0 Å². The molecule has 2 N–H and O–H groups in total. The van der Waals surface area contributed by atoms with Crippen LogP contribution in [0.15, 0.2) is 53.5 Å². The summed E-state index contributed by atoms with van der Waals surface area (Å²) in [6.07, 6.45) is 7.13. The number of amidine groups is 1. The Balaban J connectivity index is 1.36. The zero-order chi connectivity index (χ0) is 25.1. The van der Waals surface area contributed by atoms with E-state index >= 15 is 0 Å². The molecule has 7 nitrogen and oxygen atoms in total. The zero-order valence-corrected chi connectivity index (χ0v) is 20.8. The Hall–Kier alpha value is -3.26. The van der Waals surface area contributed by atoms with Crippen molar-refractivity contribution in [1.82, 2.24) is 10.2 Å². The summed E-state index contributed by atoms with van der Waals surface area (Å²) >= 11 is 0. The van der Waals surface area contributed by atoms with E-state index in [0.717, 1.165) is 56.8 Å². The largest absolute Gasteiger partial charge is 0.328 e. The van der Waals surface area contributed by atoms with Crippen LogP contribution in [0.5, 0.6) is 0 Å². The molecule has 2 saturated heterocycles. The summed E-state index contributed by atoms with van der Waals surface area (Å²) in [5, 5.41) is 5.88. The number of nitrogens with one attached hydrogen (secondary N) is 2. The van der Waals surface area contributed by atoms with Gasteiger partial charge in [-0.05, 0) is 61.6 Å². The minimum Gasteiger partial charge on any atom is -0.326 e. The molecule has 0 bridgehead atoms. The third-order valence-electron chi connectivity index (χ3n) is 7.61. The number of rotatable bonds is 5. The first-order valence-electron chi connectivity index (χ1n) is 13.0. The molecule has 2 heterocycles. The van der Waals surface area contributed by atoms with Crippen LogP contribution in [0.4, 0.5) is 20.6 Å². The standard InChI is InChI=1S/C28H34FN5O2/c1-20(35)30-24-12-10-21(11-13-24)19-33-16-14-28(15-17-33)26(31-23-7-3-2-4-8-23)32-27(36)34(28)25-9-5-6-22(29)18-25/h5-6,9-13,18,23H,2-4,7-8,14-17,19H2,1H3,(H,30,35)(H,31,32,36). The van der Waals surface area contributed by atoms with Gasteiger partial charge >= 0.3 is 6.03 Å². The van der Waals surface area contributed by atoms with E-state index in [1.165, 1.54) is 43.9 Å². The molecule has 190 valence electrons. The number of halogens is 1. The number of likely N-dealkylation sites (tertiary alicyclic amines) is 1. The number of aliphatic imine (C=N–C) groups is 1. The van der Waals surface area contributed by atoms with Crippen LogP contribution in [0.3, 0.4) is 0 Å². The minimum atomic E-state index is -0.589. The fraction of sp³-hybridized carbons (Fsp3) is 0.464. The lowest BCUT2D eigenvalue weighted by Crippen LogP contribution is -2.57. The lowest BCUT2D eigenvalue weighted by Gasteiger charge is -2.44. The van der Waals surface area contributed by atoms with Crippen LogP contribution < -0.4 is 15.5 Å². The van der Waals surface area contributed by atoms with Gasteiger partial charge in [-0.25, -0.2) is 9.18 Å². The molecule has 0 atom stereocenters. The number of piperidine rings is 1. The van der Waals surface area contributed by atoms with Gasteiger partial charge in [0.15, 0.2) is 0 Å². The van der Waals surface area contributed by atoms with Gasteiger partial charge in [0.25, 0.3) is 0 Å². The lowest BCUT2D eigenvalue weighted by atomic mass is 9.84. The summed E-state index contributed by atoms with van der Waals surface area (Å²) in [5.74, 6) is 0.314. The number of carbonyl (C=O) groups excluding carboxylic acids is 2. The predicted molar refractivity (Wildman–Crippen MR) is 140 cm³/mol. The maximum absolute atomic E-state index is 14.2. The van der Waals surface area contributed by atoms with E-state index in [9.17, 15) is 14.0 Å². The van der Waals surface area contributed by atoms with Gasteiger partial charge in [-0.15, -0.1) is 0 Å². The summed E-state index contributed by atoms with van der Waals surface area (Å²) in [6, 6.07) is 14.2. The summed E-state index contributed by atoms with van der Waals surface area (Å²) in [6.45, 7) is 3.86. The van der Waals surface area contributed by atoms with E-state index in [-0.39, 0.29) is 23.8 Å². The molecule has 2 aliphatic heterocycles. The number of urea groups is 1. The molecule has 0 unspecified atom stereocenters. The maximum Gasteiger partial charge on any atom is 0.328 e. The Labute approximate surface area is 211 Å². The van der Waals surface area contributed by atoms with Gasteiger partial charge in [-0.2, -0.15) is 0 Å². The predicted octanol–water partition coefficient (Wildman–Crippen LogP) is 5.08. The summed E-state index contributed by atoms with van der Waals surface area (Å²) < 4.78 is 14.2. The van der Waals surface area contributed by atoms with Crippen LogP contribution in [0.1, 0.15) is 57.4 Å². The SMILES string of the molecule is CC(=O)Nc1ccc(CN2CCC3(CC2)C(=NC2CCCCC2)NC(=O)N3c2cccc(F)c2)cc1. The van der Waals surface area contributed by atoms with Crippen molar-refractivity contribution in [3.63, 3.8) is 0 Å². The molecule has 0 aromatic heterocycles. The second kappa shape index (κ2) is 10.4. The topological polar surface area (TPSA) is 77.0 Å². The Bertz CT molecular complexity index is 1130. The highest BCUT2D eigenvalue weighted by molar-refractivity contribution is 6.19. The molecule has 36 heavy (non-hydrogen) atoms. The summed E-state index contributed by atoms with van der Waals surface area (Å²) in [4.78, 5) is 33.8. The highest BCUT2D eigenvalue weighted by Crippen LogP contribution is 2.39. The van der Waals surface area contributed by atoms with Crippen LogP contribution in [0, 0.1) is 5.82 Å². The van der Waals surface area contributed by atoms with Crippen molar-refractivity contribution in [2.45, 2.75) is 70.0 Å². The number of carbonyl (C=O) groups is 2. The normalized spacial score (nSPS) is 21.7. The van der Waals surface area contributed by atoms with Gasteiger partial charge in [0, 0.05) is 37.9 Å². The molecule has 3 fully saturated rings. The quantitative estimate of drug-likeness (QED) is 0.612. The van der Waals surface area contributed by atoms with Crippen molar-refractivity contribution in [1.29, 1.82) is 0 Å². The first-order chi connectivity index (χ1) is 17.4. The van der Waals surface area contributed by atoms with E-state index in [1.54, 1.807) is 17.0 Å². The fourth-order valence-corrected chi connectivity index (χ4v) is 5.79. The van der Waals surface area contributed by atoms with E-state index in [2.05, 4.69) is 15.5 Å². The molecule has 2 aromatic carbocycles. The number of anilines is 2. The van der Waals surface area contributed by atoms with Crippen LogP contribution in [-0.2, 0) is 11.3 Å². The van der Waals surface area contributed by atoms with Gasteiger partial charge < -0.3 is 5.32 Å². The molecular formula is C28H34FN5O2. The molecule has 3 aliphatic rings. The highest BCUT2D eigenvalue weighted by atomic mass is 19.1. The van der Waals surface area contributed by atoms with Gasteiger partial charge in [-0.1, -0.05) is 37.5 Å². The van der Waals surface area contributed by atoms with Crippen molar-refractivity contribution in [2.75, 3.05) is 23.3 Å². The van der Waals surface area contributed by atoms with E-state index < -0.39 is 5.54 Å². The van der Waals surface area contributed by atoms with Crippen molar-refractivity contribution in [2.24, 2.45) is 4.99 Å². The molecular weight excluding hydrogens is 457 g/mol. The second-order valence-electron chi connectivity index (χ2n) is 10.2. The third-order valence-corrected chi connectivity index (χ3v) is 7.61. The number of nitrogens with zero attached hydrogens (tertiary/aromatic N) is 3. The van der Waals surface area contributed by atoms with E-state index in [1.807, 2.05) is 24.3 Å². The number of amides is 3. The summed E-state index contributed by atoms with van der Waals surface area (Å²) in [7, 11) is 0. The molecule has 1 aliphatic carbocycles. The van der Waals surface area contributed by atoms with Crippen molar-refractivity contribution in [3.8, 4) is 0 Å². The smallest absolute Gasteiger partial charge is 0.326 e. The monoisotopic (exact) mass is 491 g/mol. The number of benzene rings is 2. The van der Waals surface area contributed by atoms with Crippen molar-refractivity contribution in [3.05, 3.63) is 59.9 Å². The number of hydrogen-bond acceptors (Lipinski definition) is 4. The Kier molecular flexibility index (Phi) is 7.05. The molecule has 5 rings (SSSR count). The Morgan fingerprint density at radius 2 is 1.83 bits per heavy atom. The van der Waals surface area contributed by atoms with Gasteiger partial charge in [0.2, 0.25) is 5.91 Å². The van der Waals surface area contributed by atoms with Crippen LogP contribution in [-0.4, -0.2) is 47.3 Å². The van der Waals surface area contributed by atoms with Crippen molar-refractivity contribution >= 4 is 29.1 Å². The molecule has 1 spiro atoms. The molecule has 1 saturated carbocycles. The Morgan fingerprint density at radius 1 is 1.11 bits per heavy atom. The molecule has 2 aromatic rings. The van der Waals surface area contributed by atoms with Gasteiger partial charge in [0.1, 0.15) is 17.2 Å². The van der Waals surface area contributed by atoms with E-state index in [4.69, 9.17) is 4.99 Å². The highest BCUT2D eigenvalue weighted by Gasteiger charge is 2.53. The summed E-state index contributed by atoms with van der Waals surface area (Å²) in [5.41, 5.74) is 1.93. The number of hydrogen-bond donors (Lipinski definition) is 2. The van der Waals surface area contributed by atoms with Gasteiger partial charge in [-0.3, -0.25) is 24.9 Å². The van der Waals surface area contributed by atoms with Gasteiger partial charge in [0.05, 0.1) is 6.04 Å². The fourth-order valence-electron chi connectivity index (χ4n) is 5.79. The Morgan fingerprint density at radius 3 is 2.50 bits per heavy atom. The average molecular weight is 492 g/mol. The van der Waals surface area contributed by atoms with E-state index in [0.29, 0.717) is 5.69 Å². The van der Waals surface area contributed by atoms with Crippen molar-refractivity contribution < 1.29 is 14.0 Å². The second-order valence-corrected chi connectivity index (χ2v) is 10.2. The molecule has 0 radical (unpaired) electrons. The third kappa shape index (κ3) is 5.14. The minimum absolute atomic E-state index is 0.0858. The van der Waals surface area contributed by atoms with Crippen LogP contribution >= 0.6 is 0 Å². The first kappa shape index (κ1) is 24.4. The molecule has 3 amide bonds. The lowest BCUT2D eigenvalue weighted by molar-refractivity contribution is -0.114. The zero-order valence-electron chi connectivity index (χ0n) is 20.8. The maximum atomic E-state index is 14.2.